The predicted molar refractivity (Wildman–Crippen MR) is 66.6 cm³/mol. The molecule has 3 nitrogen and oxygen atoms in total. The lowest BCUT2D eigenvalue weighted by molar-refractivity contribution is 0.00291. The molecule has 0 saturated heterocycles. The Balaban J connectivity index is 2.27. The topological polar surface area (TPSA) is 41.5 Å². The predicted octanol–water partition coefficient (Wildman–Crippen LogP) is 2.08. The van der Waals surface area contributed by atoms with Crippen LogP contribution in [0, 0.1) is 0 Å². The van der Waals surface area contributed by atoms with Gasteiger partial charge in [0.05, 0.1) is 11.2 Å². The summed E-state index contributed by atoms with van der Waals surface area (Å²) in [5.41, 5.74) is -0.545. The van der Waals surface area contributed by atoms with Crippen molar-refractivity contribution in [3.05, 3.63) is 0 Å². The number of hydrogen-bond acceptors (Lipinski definition) is 3. The normalized spacial score (nSPS) is 22.3. The largest absolute Gasteiger partial charge is 0.389 e. The molecule has 0 radical (unpaired) electrons. The van der Waals surface area contributed by atoms with Gasteiger partial charge in [-0.2, -0.15) is 0 Å². The smallest absolute Gasteiger partial charge is 0.0771 e. The second-order valence-corrected chi connectivity index (χ2v) is 5.88. The van der Waals surface area contributed by atoms with Crippen molar-refractivity contribution in [2.75, 3.05) is 13.7 Å². The van der Waals surface area contributed by atoms with E-state index in [0.717, 1.165) is 32.1 Å². The molecule has 0 aromatic heterocycles. The molecule has 1 atom stereocenters. The van der Waals surface area contributed by atoms with E-state index < -0.39 is 5.60 Å². The molecule has 96 valence electrons. The molecule has 0 heterocycles. The molecule has 16 heavy (non-hydrogen) atoms. The number of rotatable bonds is 6. The standard InChI is InChI=1S/C13H27NO2/c1-11(9-12(2,3)16-4)14-10-13(15)7-5-6-8-13/h11,14-15H,5-10H2,1-4H3. The first kappa shape index (κ1) is 13.9. The van der Waals surface area contributed by atoms with E-state index in [-0.39, 0.29) is 5.60 Å². The lowest BCUT2D eigenvalue weighted by Gasteiger charge is -2.30. The van der Waals surface area contributed by atoms with Gasteiger partial charge < -0.3 is 15.2 Å². The fourth-order valence-corrected chi connectivity index (χ4v) is 2.47. The average Bonchev–Trinajstić information content (AvgIpc) is 2.63. The minimum atomic E-state index is -0.453. The van der Waals surface area contributed by atoms with Crippen molar-refractivity contribution in [3.63, 3.8) is 0 Å². The molecule has 1 fully saturated rings. The third-order valence-corrected chi connectivity index (χ3v) is 3.66. The van der Waals surface area contributed by atoms with E-state index in [4.69, 9.17) is 4.74 Å². The van der Waals surface area contributed by atoms with Gasteiger partial charge in [0.2, 0.25) is 0 Å². The van der Waals surface area contributed by atoms with Gasteiger partial charge in [0, 0.05) is 19.7 Å². The molecule has 0 aromatic carbocycles. The zero-order valence-corrected chi connectivity index (χ0v) is 11.2. The molecule has 1 saturated carbocycles. The van der Waals surface area contributed by atoms with Crippen LogP contribution < -0.4 is 5.32 Å². The van der Waals surface area contributed by atoms with Gasteiger partial charge in [0.15, 0.2) is 0 Å². The molecule has 0 aromatic rings. The summed E-state index contributed by atoms with van der Waals surface area (Å²) >= 11 is 0. The first-order chi connectivity index (χ1) is 7.37. The van der Waals surface area contributed by atoms with Crippen LogP contribution in [0.3, 0.4) is 0 Å². The monoisotopic (exact) mass is 229 g/mol. The van der Waals surface area contributed by atoms with Crippen molar-refractivity contribution in [1.82, 2.24) is 5.32 Å². The van der Waals surface area contributed by atoms with Crippen LogP contribution in [-0.4, -0.2) is 36.0 Å². The Bertz CT molecular complexity index is 210. The van der Waals surface area contributed by atoms with Crippen LogP contribution in [0.25, 0.3) is 0 Å². The van der Waals surface area contributed by atoms with Crippen LogP contribution >= 0.6 is 0 Å². The molecule has 2 N–H and O–H groups in total. The highest BCUT2D eigenvalue weighted by atomic mass is 16.5. The van der Waals surface area contributed by atoms with Crippen LogP contribution in [-0.2, 0) is 4.74 Å². The number of aliphatic hydroxyl groups is 1. The summed E-state index contributed by atoms with van der Waals surface area (Å²) in [6, 6.07) is 0.375. The summed E-state index contributed by atoms with van der Waals surface area (Å²) in [7, 11) is 1.75. The van der Waals surface area contributed by atoms with E-state index in [0.29, 0.717) is 12.6 Å². The zero-order chi connectivity index (χ0) is 12.2. The molecular formula is C13H27NO2. The van der Waals surface area contributed by atoms with Gasteiger partial charge in [-0.1, -0.05) is 12.8 Å². The third kappa shape index (κ3) is 4.40. The molecule has 0 spiro atoms. The van der Waals surface area contributed by atoms with E-state index in [1.165, 1.54) is 0 Å². The molecule has 1 aliphatic rings. The van der Waals surface area contributed by atoms with Crippen LogP contribution in [0.15, 0.2) is 0 Å². The lowest BCUT2D eigenvalue weighted by Crippen LogP contribution is -2.44. The SMILES string of the molecule is COC(C)(C)CC(C)NCC1(O)CCCC1. The highest BCUT2D eigenvalue weighted by molar-refractivity contribution is 4.87. The first-order valence-corrected chi connectivity index (χ1v) is 6.38. The lowest BCUT2D eigenvalue weighted by atomic mass is 9.98. The summed E-state index contributed by atoms with van der Waals surface area (Å²) in [5.74, 6) is 0. The van der Waals surface area contributed by atoms with Crippen molar-refractivity contribution in [2.45, 2.75) is 70.1 Å². The third-order valence-electron chi connectivity index (χ3n) is 3.66. The molecule has 0 amide bonds. The summed E-state index contributed by atoms with van der Waals surface area (Å²) < 4.78 is 5.40. The Morgan fingerprint density at radius 1 is 1.38 bits per heavy atom. The minimum absolute atomic E-state index is 0.0925. The second kappa shape index (κ2) is 5.48. The minimum Gasteiger partial charge on any atom is -0.389 e. The summed E-state index contributed by atoms with van der Waals surface area (Å²) in [6.07, 6.45) is 5.17. The van der Waals surface area contributed by atoms with E-state index in [9.17, 15) is 5.11 Å². The number of nitrogens with one attached hydrogen (secondary N) is 1. The van der Waals surface area contributed by atoms with E-state index in [1.807, 2.05) is 0 Å². The van der Waals surface area contributed by atoms with Crippen LogP contribution in [0.4, 0.5) is 0 Å². The first-order valence-electron chi connectivity index (χ1n) is 6.38. The molecule has 0 aliphatic heterocycles. The quantitative estimate of drug-likeness (QED) is 0.733. The van der Waals surface area contributed by atoms with Crippen LogP contribution in [0.5, 0.6) is 0 Å². The highest BCUT2D eigenvalue weighted by Crippen LogP contribution is 2.28. The summed E-state index contributed by atoms with van der Waals surface area (Å²) in [5, 5.41) is 13.6. The van der Waals surface area contributed by atoms with Crippen molar-refractivity contribution in [3.8, 4) is 0 Å². The Morgan fingerprint density at radius 2 is 1.94 bits per heavy atom. The van der Waals surface area contributed by atoms with Gasteiger partial charge in [0.1, 0.15) is 0 Å². The van der Waals surface area contributed by atoms with Gasteiger partial charge in [-0.05, 0) is 40.0 Å². The second-order valence-electron chi connectivity index (χ2n) is 5.88. The summed E-state index contributed by atoms with van der Waals surface area (Å²) in [4.78, 5) is 0. The molecule has 1 unspecified atom stereocenters. The van der Waals surface area contributed by atoms with Gasteiger partial charge in [-0.25, -0.2) is 0 Å². The maximum absolute atomic E-state index is 10.2. The Hall–Kier alpha value is -0.120. The Morgan fingerprint density at radius 3 is 2.44 bits per heavy atom. The van der Waals surface area contributed by atoms with Crippen LogP contribution in [0.2, 0.25) is 0 Å². The maximum Gasteiger partial charge on any atom is 0.0771 e. The average molecular weight is 229 g/mol. The van der Waals surface area contributed by atoms with E-state index in [2.05, 4.69) is 26.1 Å². The van der Waals surface area contributed by atoms with Gasteiger partial charge in [0.25, 0.3) is 0 Å². The van der Waals surface area contributed by atoms with Gasteiger partial charge in [-0.15, -0.1) is 0 Å². The van der Waals surface area contributed by atoms with Crippen molar-refractivity contribution in [1.29, 1.82) is 0 Å². The maximum atomic E-state index is 10.2. The number of methoxy groups -OCH3 is 1. The molecule has 3 heteroatoms. The highest BCUT2D eigenvalue weighted by Gasteiger charge is 2.31. The number of ether oxygens (including phenoxy) is 1. The van der Waals surface area contributed by atoms with Gasteiger partial charge in [-0.3, -0.25) is 0 Å². The van der Waals surface area contributed by atoms with Gasteiger partial charge >= 0.3 is 0 Å². The molecule has 1 aliphatic carbocycles. The van der Waals surface area contributed by atoms with Crippen molar-refractivity contribution in [2.24, 2.45) is 0 Å². The zero-order valence-electron chi connectivity index (χ0n) is 11.2. The van der Waals surface area contributed by atoms with Crippen molar-refractivity contribution < 1.29 is 9.84 Å². The Kier molecular flexibility index (Phi) is 4.77. The van der Waals surface area contributed by atoms with E-state index >= 15 is 0 Å². The Labute approximate surface area is 99.6 Å². The summed E-state index contributed by atoms with van der Waals surface area (Å²) in [6.45, 7) is 7.05. The van der Waals surface area contributed by atoms with Crippen LogP contribution in [0.1, 0.15) is 52.9 Å². The molecule has 1 rings (SSSR count). The molecule has 0 bridgehead atoms. The fraction of sp³-hybridized carbons (Fsp3) is 1.00. The van der Waals surface area contributed by atoms with E-state index in [1.54, 1.807) is 7.11 Å². The number of hydrogen-bond donors (Lipinski definition) is 2. The molecular weight excluding hydrogens is 202 g/mol. The fourth-order valence-electron chi connectivity index (χ4n) is 2.47. The van der Waals surface area contributed by atoms with Crippen molar-refractivity contribution >= 4 is 0 Å².